The van der Waals surface area contributed by atoms with E-state index >= 15 is 0 Å². The Morgan fingerprint density at radius 2 is 1.57 bits per heavy atom. The van der Waals surface area contributed by atoms with E-state index in [9.17, 15) is 0 Å². The van der Waals surface area contributed by atoms with E-state index in [0.717, 1.165) is 17.6 Å². The number of anilines is 2. The minimum atomic E-state index is 0.819. The van der Waals surface area contributed by atoms with Gasteiger partial charge in [0.2, 0.25) is 0 Å². The molecule has 0 saturated carbocycles. The fourth-order valence-electron chi connectivity index (χ4n) is 5.26. The van der Waals surface area contributed by atoms with Crippen LogP contribution < -0.4 is 4.90 Å². The summed E-state index contributed by atoms with van der Waals surface area (Å²) < 4.78 is 0. The lowest BCUT2D eigenvalue weighted by molar-refractivity contribution is 0.126. The van der Waals surface area contributed by atoms with Crippen molar-refractivity contribution in [1.29, 1.82) is 0 Å². The highest BCUT2D eigenvalue weighted by atomic mass is 35.5. The molecule has 2 saturated heterocycles. The molecule has 0 aliphatic carbocycles. The van der Waals surface area contributed by atoms with Gasteiger partial charge >= 0.3 is 0 Å². The minimum Gasteiger partial charge on any atom is -0.340 e. The van der Waals surface area contributed by atoms with E-state index in [-0.39, 0.29) is 0 Å². The molecule has 0 unspecified atom stereocenters. The van der Waals surface area contributed by atoms with Gasteiger partial charge in [0, 0.05) is 27.4 Å². The number of piperidine rings is 1. The Balaban J connectivity index is 1.15. The molecule has 3 heterocycles. The molecule has 0 atom stereocenters. The summed E-state index contributed by atoms with van der Waals surface area (Å²) in [4.78, 5) is 10.6. The predicted molar refractivity (Wildman–Crippen MR) is 129 cm³/mol. The molecule has 0 bridgehead atoms. The molecular formula is C25H32ClN3S. The number of hydrogen-bond acceptors (Lipinski definition) is 4. The Hall–Kier alpha value is -1.20. The van der Waals surface area contributed by atoms with E-state index < -0.39 is 0 Å². The molecule has 5 heteroatoms. The van der Waals surface area contributed by atoms with Crippen molar-refractivity contribution in [1.82, 2.24) is 9.80 Å². The third kappa shape index (κ3) is 4.52. The van der Waals surface area contributed by atoms with Crippen molar-refractivity contribution in [3.05, 3.63) is 47.5 Å². The van der Waals surface area contributed by atoms with E-state index in [1.165, 1.54) is 92.4 Å². The average Bonchev–Trinajstić information content (AvgIpc) is 3.32. The normalized spacial score (nSPS) is 20.4. The first-order valence-corrected chi connectivity index (χ1v) is 12.8. The van der Waals surface area contributed by atoms with Crippen LogP contribution in [0.25, 0.3) is 0 Å². The van der Waals surface area contributed by atoms with Gasteiger partial charge in [-0.05, 0) is 102 Å². The lowest BCUT2D eigenvalue weighted by Crippen LogP contribution is -2.44. The van der Waals surface area contributed by atoms with Crippen LogP contribution in [0, 0.1) is 0 Å². The van der Waals surface area contributed by atoms with E-state index in [1.54, 1.807) is 0 Å². The molecule has 3 aliphatic heterocycles. The van der Waals surface area contributed by atoms with Crippen LogP contribution >= 0.6 is 23.4 Å². The molecule has 30 heavy (non-hydrogen) atoms. The van der Waals surface area contributed by atoms with Gasteiger partial charge in [-0.2, -0.15) is 0 Å². The van der Waals surface area contributed by atoms with Crippen molar-refractivity contribution in [2.24, 2.45) is 0 Å². The van der Waals surface area contributed by atoms with Crippen molar-refractivity contribution < 1.29 is 0 Å². The van der Waals surface area contributed by atoms with Crippen LogP contribution in [0.2, 0.25) is 5.02 Å². The molecule has 0 N–H and O–H groups in total. The van der Waals surface area contributed by atoms with Crippen molar-refractivity contribution in [3.63, 3.8) is 0 Å². The minimum absolute atomic E-state index is 0.819. The molecule has 2 aromatic carbocycles. The third-order valence-electron chi connectivity index (χ3n) is 6.91. The van der Waals surface area contributed by atoms with Gasteiger partial charge in [-0.25, -0.2) is 0 Å². The fourth-order valence-corrected chi connectivity index (χ4v) is 6.51. The van der Waals surface area contributed by atoms with Crippen molar-refractivity contribution in [2.75, 3.05) is 44.2 Å². The lowest BCUT2D eigenvalue weighted by atomic mass is 10.0. The van der Waals surface area contributed by atoms with Gasteiger partial charge < -0.3 is 14.7 Å². The summed E-state index contributed by atoms with van der Waals surface area (Å²) in [5, 5.41) is 0.819. The van der Waals surface area contributed by atoms with Gasteiger partial charge in [0.05, 0.1) is 11.4 Å². The number of halogens is 1. The molecule has 160 valence electrons. The number of hydrogen-bond donors (Lipinski definition) is 0. The van der Waals surface area contributed by atoms with Crippen molar-refractivity contribution in [3.8, 4) is 0 Å². The smallest absolute Gasteiger partial charge is 0.0567 e. The topological polar surface area (TPSA) is 9.72 Å². The average molecular weight is 442 g/mol. The van der Waals surface area contributed by atoms with Crippen molar-refractivity contribution in [2.45, 2.75) is 54.4 Å². The molecule has 3 aliphatic rings. The summed E-state index contributed by atoms with van der Waals surface area (Å²) in [5.74, 6) is 0. The summed E-state index contributed by atoms with van der Waals surface area (Å²) in [6, 6.07) is 15.9. The second-order valence-electron chi connectivity index (χ2n) is 8.86. The number of benzene rings is 2. The zero-order chi connectivity index (χ0) is 20.3. The Bertz CT molecular complexity index is 859. The van der Waals surface area contributed by atoms with Crippen LogP contribution in [0.4, 0.5) is 11.4 Å². The Labute approximate surface area is 190 Å². The summed E-state index contributed by atoms with van der Waals surface area (Å²) >= 11 is 8.20. The largest absolute Gasteiger partial charge is 0.340 e. The zero-order valence-electron chi connectivity index (χ0n) is 17.7. The SMILES string of the molecule is Clc1ccc2c(c1)N(CCCCN1CCC(N3CCCC3)CC1)c1ccccc1S2. The molecule has 0 aromatic heterocycles. The Morgan fingerprint density at radius 3 is 2.40 bits per heavy atom. The molecule has 2 fully saturated rings. The first-order chi connectivity index (χ1) is 14.8. The van der Waals surface area contributed by atoms with Gasteiger partial charge in [-0.15, -0.1) is 0 Å². The summed E-state index contributed by atoms with van der Waals surface area (Å²) in [5.41, 5.74) is 2.58. The Morgan fingerprint density at radius 1 is 0.833 bits per heavy atom. The van der Waals surface area contributed by atoms with Gasteiger partial charge in [0.15, 0.2) is 0 Å². The van der Waals surface area contributed by atoms with Gasteiger partial charge in [-0.1, -0.05) is 35.5 Å². The highest BCUT2D eigenvalue weighted by Crippen LogP contribution is 2.48. The van der Waals surface area contributed by atoms with Crippen molar-refractivity contribution >= 4 is 34.7 Å². The van der Waals surface area contributed by atoms with Gasteiger partial charge in [0.1, 0.15) is 0 Å². The monoisotopic (exact) mass is 441 g/mol. The Kier molecular flexibility index (Phi) is 6.56. The molecule has 0 spiro atoms. The van der Waals surface area contributed by atoms with Crippen LogP contribution in [-0.2, 0) is 0 Å². The standard InChI is InChI=1S/C25H32ClN3S/c26-20-9-10-25-23(19-20)29(22-7-1-2-8-24(22)30-25)16-6-3-13-27-17-11-21(12-18-27)28-14-4-5-15-28/h1-2,7-10,19,21H,3-6,11-18H2. The summed E-state index contributed by atoms with van der Waals surface area (Å²) in [7, 11) is 0. The highest BCUT2D eigenvalue weighted by Gasteiger charge is 2.26. The second kappa shape index (κ2) is 9.52. The van der Waals surface area contributed by atoms with E-state index in [2.05, 4.69) is 51.1 Å². The van der Waals surface area contributed by atoms with Crippen LogP contribution in [0.3, 0.4) is 0 Å². The molecule has 0 radical (unpaired) electrons. The van der Waals surface area contributed by atoms with Crippen LogP contribution in [-0.4, -0.2) is 55.1 Å². The maximum atomic E-state index is 6.34. The number of likely N-dealkylation sites (tertiary alicyclic amines) is 2. The fraction of sp³-hybridized carbons (Fsp3) is 0.520. The van der Waals surface area contributed by atoms with E-state index in [0.29, 0.717) is 0 Å². The number of fused-ring (bicyclic) bond motifs is 2. The number of unbranched alkanes of at least 4 members (excludes halogenated alkanes) is 1. The molecule has 5 rings (SSSR count). The maximum absolute atomic E-state index is 6.34. The zero-order valence-corrected chi connectivity index (χ0v) is 19.3. The van der Waals surface area contributed by atoms with Gasteiger partial charge in [-0.3, -0.25) is 0 Å². The number of rotatable bonds is 6. The molecule has 2 aromatic rings. The maximum Gasteiger partial charge on any atom is 0.0567 e. The number of nitrogens with zero attached hydrogens (tertiary/aromatic N) is 3. The van der Waals surface area contributed by atoms with Gasteiger partial charge in [0.25, 0.3) is 0 Å². The van der Waals surface area contributed by atoms with Crippen LogP contribution in [0.15, 0.2) is 52.3 Å². The highest BCUT2D eigenvalue weighted by molar-refractivity contribution is 7.99. The second-order valence-corrected chi connectivity index (χ2v) is 10.4. The molecular weight excluding hydrogens is 410 g/mol. The quantitative estimate of drug-likeness (QED) is 0.487. The van der Waals surface area contributed by atoms with Crippen LogP contribution in [0.5, 0.6) is 0 Å². The first-order valence-electron chi connectivity index (χ1n) is 11.6. The number of para-hydroxylation sites is 1. The molecule has 0 amide bonds. The lowest BCUT2D eigenvalue weighted by Gasteiger charge is -2.37. The summed E-state index contributed by atoms with van der Waals surface area (Å²) in [6.45, 7) is 7.53. The van der Waals surface area contributed by atoms with Crippen LogP contribution in [0.1, 0.15) is 38.5 Å². The van der Waals surface area contributed by atoms with E-state index in [4.69, 9.17) is 11.6 Å². The molecule has 3 nitrogen and oxygen atoms in total. The van der Waals surface area contributed by atoms with E-state index in [1.807, 2.05) is 17.8 Å². The predicted octanol–water partition coefficient (Wildman–Crippen LogP) is 6.28. The third-order valence-corrected chi connectivity index (χ3v) is 8.27. The first kappa shape index (κ1) is 20.7. The summed E-state index contributed by atoms with van der Waals surface area (Å²) in [6.07, 6.45) is 8.01.